The third kappa shape index (κ3) is 3.16. The molecule has 6 nitrogen and oxygen atoms in total. The monoisotopic (exact) mass is 295 g/mol. The van der Waals surface area contributed by atoms with Crippen molar-refractivity contribution in [2.24, 2.45) is 5.92 Å². The number of aromatic nitrogens is 2. The van der Waals surface area contributed by atoms with Gasteiger partial charge in [0.05, 0.1) is 19.2 Å². The third-order valence-electron chi connectivity index (χ3n) is 2.92. The van der Waals surface area contributed by atoms with Gasteiger partial charge >= 0.3 is 5.97 Å². The van der Waals surface area contributed by atoms with Crippen LogP contribution in [0.4, 0.5) is 0 Å². The zero-order valence-electron chi connectivity index (χ0n) is 11.6. The van der Waals surface area contributed by atoms with E-state index in [0.717, 1.165) is 4.96 Å². The number of nitrogens with one attached hydrogen (secondary N) is 1. The molecule has 7 heteroatoms. The van der Waals surface area contributed by atoms with Crippen LogP contribution in [-0.2, 0) is 20.7 Å². The molecule has 0 aliphatic carbocycles. The predicted molar refractivity (Wildman–Crippen MR) is 75.6 cm³/mol. The molecule has 1 N–H and O–H groups in total. The minimum atomic E-state index is -0.628. The lowest BCUT2D eigenvalue weighted by atomic mass is 10.0. The molecule has 0 fully saturated rings. The van der Waals surface area contributed by atoms with Crippen molar-refractivity contribution < 1.29 is 14.3 Å². The highest BCUT2D eigenvalue weighted by Crippen LogP contribution is 2.12. The van der Waals surface area contributed by atoms with Gasteiger partial charge in [0.15, 0.2) is 4.96 Å². The van der Waals surface area contributed by atoms with Gasteiger partial charge in [-0.1, -0.05) is 13.8 Å². The van der Waals surface area contributed by atoms with Gasteiger partial charge in [-0.25, -0.2) is 9.78 Å². The molecule has 0 aliphatic heterocycles. The van der Waals surface area contributed by atoms with Crippen LogP contribution >= 0.6 is 11.3 Å². The van der Waals surface area contributed by atoms with E-state index in [1.54, 1.807) is 0 Å². The molecule has 0 aromatic carbocycles. The fourth-order valence-corrected chi connectivity index (χ4v) is 2.59. The number of fused-ring (bicyclic) bond motifs is 1. The summed E-state index contributed by atoms with van der Waals surface area (Å²) in [5.41, 5.74) is 0.682. The van der Waals surface area contributed by atoms with E-state index in [1.807, 2.05) is 36.0 Å². The highest BCUT2D eigenvalue weighted by atomic mass is 32.1. The smallest absolute Gasteiger partial charge is 0.328 e. The second-order valence-electron chi connectivity index (χ2n) is 4.81. The maximum atomic E-state index is 12.0. The van der Waals surface area contributed by atoms with Gasteiger partial charge in [-0.05, 0) is 5.92 Å². The molecule has 0 bridgehead atoms. The Labute approximate surface area is 120 Å². The Kier molecular flexibility index (Phi) is 4.39. The zero-order valence-corrected chi connectivity index (χ0v) is 12.4. The van der Waals surface area contributed by atoms with Crippen molar-refractivity contribution >= 4 is 28.2 Å². The van der Waals surface area contributed by atoms with E-state index in [4.69, 9.17) is 0 Å². The number of methoxy groups -OCH3 is 1. The standard InChI is InChI=1S/C13H17N3O3S/c1-8(2)11(12(18)19-3)15-10(17)6-9-7-16-4-5-20-13(16)14-9/h4-5,7-8,11H,6H2,1-3H3,(H,15,17). The van der Waals surface area contributed by atoms with E-state index in [9.17, 15) is 9.59 Å². The maximum Gasteiger partial charge on any atom is 0.328 e. The fourth-order valence-electron chi connectivity index (χ4n) is 1.87. The van der Waals surface area contributed by atoms with Gasteiger partial charge < -0.3 is 10.1 Å². The van der Waals surface area contributed by atoms with E-state index < -0.39 is 12.0 Å². The summed E-state index contributed by atoms with van der Waals surface area (Å²) in [5, 5.41) is 4.62. The highest BCUT2D eigenvalue weighted by Gasteiger charge is 2.25. The minimum absolute atomic E-state index is 0.0307. The molecule has 0 aliphatic rings. The second-order valence-corrected chi connectivity index (χ2v) is 5.69. The van der Waals surface area contributed by atoms with Gasteiger partial charge in [0.1, 0.15) is 6.04 Å². The van der Waals surface area contributed by atoms with Crippen LogP contribution in [0.5, 0.6) is 0 Å². The molecular formula is C13H17N3O3S. The van der Waals surface area contributed by atoms with Crippen LogP contribution in [0.25, 0.3) is 4.96 Å². The highest BCUT2D eigenvalue weighted by molar-refractivity contribution is 7.15. The number of carbonyl (C=O) groups is 2. The maximum absolute atomic E-state index is 12.0. The molecule has 2 aromatic rings. The molecule has 0 saturated heterocycles. The summed E-state index contributed by atoms with van der Waals surface area (Å²) in [6.45, 7) is 3.71. The molecule has 2 rings (SSSR count). The first-order valence-electron chi connectivity index (χ1n) is 6.29. The summed E-state index contributed by atoms with van der Waals surface area (Å²) in [7, 11) is 1.31. The third-order valence-corrected chi connectivity index (χ3v) is 3.69. The number of carbonyl (C=O) groups excluding carboxylic acids is 2. The Morgan fingerprint density at radius 2 is 2.25 bits per heavy atom. The first-order valence-corrected chi connectivity index (χ1v) is 7.17. The van der Waals surface area contributed by atoms with E-state index >= 15 is 0 Å². The number of imidazole rings is 1. The summed E-state index contributed by atoms with van der Waals surface area (Å²) in [6.07, 6.45) is 3.85. The van der Waals surface area contributed by atoms with Crippen LogP contribution in [0.2, 0.25) is 0 Å². The van der Waals surface area contributed by atoms with Crippen molar-refractivity contribution in [1.82, 2.24) is 14.7 Å². The average molecular weight is 295 g/mol. The topological polar surface area (TPSA) is 72.7 Å². The van der Waals surface area contributed by atoms with Crippen molar-refractivity contribution in [2.75, 3.05) is 7.11 Å². The molecule has 108 valence electrons. The molecule has 1 atom stereocenters. The number of hydrogen-bond donors (Lipinski definition) is 1. The van der Waals surface area contributed by atoms with E-state index in [-0.39, 0.29) is 18.2 Å². The average Bonchev–Trinajstić information content (AvgIpc) is 2.95. The molecule has 2 aromatic heterocycles. The number of thiazole rings is 1. The lowest BCUT2D eigenvalue weighted by molar-refractivity contribution is -0.146. The Morgan fingerprint density at radius 1 is 1.50 bits per heavy atom. The first-order chi connectivity index (χ1) is 9.51. The van der Waals surface area contributed by atoms with Crippen LogP contribution in [0.1, 0.15) is 19.5 Å². The van der Waals surface area contributed by atoms with Crippen LogP contribution in [-0.4, -0.2) is 34.4 Å². The Balaban J connectivity index is 2.00. The molecule has 0 spiro atoms. The second kappa shape index (κ2) is 6.04. The van der Waals surface area contributed by atoms with Gasteiger partial charge in [-0.3, -0.25) is 9.20 Å². The van der Waals surface area contributed by atoms with E-state index in [2.05, 4.69) is 15.0 Å². The molecule has 0 radical (unpaired) electrons. The van der Waals surface area contributed by atoms with Crippen LogP contribution < -0.4 is 5.32 Å². The summed E-state index contributed by atoms with van der Waals surface area (Å²) in [4.78, 5) is 28.8. The normalized spacial score (nSPS) is 12.6. The van der Waals surface area contributed by atoms with Gasteiger partial charge in [-0.2, -0.15) is 0 Å². The van der Waals surface area contributed by atoms with Crippen molar-refractivity contribution in [3.63, 3.8) is 0 Å². The van der Waals surface area contributed by atoms with Crippen LogP contribution in [0, 0.1) is 5.92 Å². The van der Waals surface area contributed by atoms with Crippen molar-refractivity contribution in [1.29, 1.82) is 0 Å². The Hall–Kier alpha value is -1.89. The summed E-state index contributed by atoms with van der Waals surface area (Å²) in [5.74, 6) is -0.698. The summed E-state index contributed by atoms with van der Waals surface area (Å²) >= 11 is 1.51. The number of rotatable bonds is 5. The molecule has 0 saturated carbocycles. The lowest BCUT2D eigenvalue weighted by Crippen LogP contribution is -2.45. The Bertz CT molecular complexity index is 589. The molecule has 20 heavy (non-hydrogen) atoms. The van der Waals surface area contributed by atoms with Gasteiger partial charge in [0, 0.05) is 17.8 Å². The number of nitrogens with zero attached hydrogens (tertiary/aromatic N) is 2. The van der Waals surface area contributed by atoms with Crippen molar-refractivity contribution in [2.45, 2.75) is 26.3 Å². The van der Waals surface area contributed by atoms with Crippen LogP contribution in [0.15, 0.2) is 17.8 Å². The molecule has 1 amide bonds. The quantitative estimate of drug-likeness (QED) is 0.843. The minimum Gasteiger partial charge on any atom is -0.467 e. The number of esters is 1. The summed E-state index contributed by atoms with van der Waals surface area (Å²) in [6, 6.07) is -0.628. The predicted octanol–water partition coefficient (Wildman–Crippen LogP) is 1.25. The van der Waals surface area contributed by atoms with Crippen molar-refractivity contribution in [3.05, 3.63) is 23.5 Å². The summed E-state index contributed by atoms with van der Waals surface area (Å²) < 4.78 is 6.56. The van der Waals surface area contributed by atoms with Gasteiger partial charge in [0.2, 0.25) is 5.91 Å². The lowest BCUT2D eigenvalue weighted by Gasteiger charge is -2.19. The number of ether oxygens (including phenoxy) is 1. The van der Waals surface area contributed by atoms with Gasteiger partial charge in [-0.15, -0.1) is 11.3 Å². The fraction of sp³-hybridized carbons (Fsp3) is 0.462. The molecule has 1 unspecified atom stereocenters. The number of amides is 1. The zero-order chi connectivity index (χ0) is 14.7. The van der Waals surface area contributed by atoms with Crippen molar-refractivity contribution in [3.8, 4) is 0 Å². The molecule has 2 heterocycles. The SMILES string of the molecule is COC(=O)C(NC(=O)Cc1cn2ccsc2n1)C(C)C. The van der Waals surface area contributed by atoms with E-state index in [1.165, 1.54) is 18.4 Å². The van der Waals surface area contributed by atoms with Crippen LogP contribution in [0.3, 0.4) is 0 Å². The first kappa shape index (κ1) is 14.5. The van der Waals surface area contributed by atoms with Gasteiger partial charge in [0.25, 0.3) is 0 Å². The largest absolute Gasteiger partial charge is 0.467 e. The van der Waals surface area contributed by atoms with E-state index in [0.29, 0.717) is 5.69 Å². The molecular weight excluding hydrogens is 278 g/mol. The number of hydrogen-bond acceptors (Lipinski definition) is 5. The Morgan fingerprint density at radius 3 is 2.85 bits per heavy atom.